The zero-order chi connectivity index (χ0) is 14.2. The number of aliphatic imine (C=N–C) groups is 1. The molecule has 3 heteroatoms. The van der Waals surface area contributed by atoms with Gasteiger partial charge in [-0.1, -0.05) is 37.3 Å². The Labute approximate surface area is 122 Å². The number of hydrogen-bond acceptors (Lipinski definition) is 1. The van der Waals surface area contributed by atoms with Crippen LogP contribution in [0, 0.1) is 5.92 Å². The summed E-state index contributed by atoms with van der Waals surface area (Å²) < 4.78 is 0. The Morgan fingerprint density at radius 2 is 1.95 bits per heavy atom. The third kappa shape index (κ3) is 4.87. The molecule has 20 heavy (non-hydrogen) atoms. The van der Waals surface area contributed by atoms with E-state index in [1.165, 1.54) is 18.4 Å². The summed E-state index contributed by atoms with van der Waals surface area (Å²) in [5, 5.41) is 6.79. The molecule has 1 atom stereocenters. The summed E-state index contributed by atoms with van der Waals surface area (Å²) in [5.41, 5.74) is 1.39. The van der Waals surface area contributed by atoms with Crippen LogP contribution >= 0.6 is 0 Å². The van der Waals surface area contributed by atoms with Crippen molar-refractivity contribution in [1.29, 1.82) is 0 Å². The second-order valence-electron chi connectivity index (χ2n) is 5.56. The maximum Gasteiger partial charge on any atom is 0.191 e. The predicted octanol–water partition coefficient (Wildman–Crippen LogP) is 3.15. The van der Waals surface area contributed by atoms with Crippen LogP contribution in [0.1, 0.15) is 44.6 Å². The van der Waals surface area contributed by atoms with E-state index in [4.69, 9.17) is 4.99 Å². The molecule has 1 aromatic rings. The van der Waals surface area contributed by atoms with E-state index in [0.717, 1.165) is 37.9 Å². The minimum Gasteiger partial charge on any atom is -0.357 e. The number of benzene rings is 1. The van der Waals surface area contributed by atoms with Crippen molar-refractivity contribution in [2.75, 3.05) is 19.6 Å². The van der Waals surface area contributed by atoms with Gasteiger partial charge in [-0.3, -0.25) is 4.99 Å². The Balaban J connectivity index is 1.91. The van der Waals surface area contributed by atoms with Crippen LogP contribution in [0.5, 0.6) is 0 Å². The molecule has 1 saturated carbocycles. The number of nitrogens with zero attached hydrogens (tertiary/aromatic N) is 1. The standard InChI is InChI=1S/C17H27N3/c1-3-15(16-8-6-5-7-9-16)13-20-17(18-4-2)19-12-14-10-11-14/h5-9,14-15H,3-4,10-13H2,1-2H3,(H2,18,19,20). The quantitative estimate of drug-likeness (QED) is 0.591. The lowest BCUT2D eigenvalue weighted by atomic mass is 9.97. The van der Waals surface area contributed by atoms with E-state index in [1.807, 2.05) is 0 Å². The first-order valence-electron chi connectivity index (χ1n) is 7.90. The van der Waals surface area contributed by atoms with Gasteiger partial charge in [-0.15, -0.1) is 0 Å². The molecule has 0 aliphatic heterocycles. The molecule has 2 N–H and O–H groups in total. The monoisotopic (exact) mass is 273 g/mol. The second kappa shape index (κ2) is 7.93. The van der Waals surface area contributed by atoms with E-state index < -0.39 is 0 Å². The van der Waals surface area contributed by atoms with Crippen LogP contribution in [-0.2, 0) is 0 Å². The smallest absolute Gasteiger partial charge is 0.191 e. The maximum absolute atomic E-state index is 4.76. The molecular weight excluding hydrogens is 246 g/mol. The third-order valence-corrected chi connectivity index (χ3v) is 3.83. The van der Waals surface area contributed by atoms with Crippen molar-refractivity contribution in [3.8, 4) is 0 Å². The van der Waals surface area contributed by atoms with Crippen molar-refractivity contribution < 1.29 is 0 Å². The molecule has 1 aromatic carbocycles. The fourth-order valence-electron chi connectivity index (χ4n) is 2.30. The zero-order valence-corrected chi connectivity index (χ0v) is 12.7. The Bertz CT molecular complexity index is 410. The third-order valence-electron chi connectivity index (χ3n) is 3.83. The number of guanidine groups is 1. The fraction of sp³-hybridized carbons (Fsp3) is 0.588. The van der Waals surface area contributed by atoms with E-state index in [1.54, 1.807) is 0 Å². The maximum atomic E-state index is 4.76. The van der Waals surface area contributed by atoms with Gasteiger partial charge in [0, 0.05) is 25.6 Å². The molecule has 0 aromatic heterocycles. The van der Waals surface area contributed by atoms with Crippen molar-refractivity contribution >= 4 is 5.96 Å². The number of hydrogen-bond donors (Lipinski definition) is 2. The van der Waals surface area contributed by atoms with Gasteiger partial charge in [0.1, 0.15) is 0 Å². The van der Waals surface area contributed by atoms with Crippen molar-refractivity contribution in [2.24, 2.45) is 10.9 Å². The summed E-state index contributed by atoms with van der Waals surface area (Å²) in [6.45, 7) is 7.17. The summed E-state index contributed by atoms with van der Waals surface area (Å²) >= 11 is 0. The van der Waals surface area contributed by atoms with Gasteiger partial charge in [0.05, 0.1) is 0 Å². The average molecular weight is 273 g/mol. The predicted molar refractivity (Wildman–Crippen MR) is 86.2 cm³/mol. The molecule has 0 radical (unpaired) electrons. The van der Waals surface area contributed by atoms with Gasteiger partial charge in [-0.05, 0) is 37.7 Å². The molecule has 1 fully saturated rings. The van der Waals surface area contributed by atoms with E-state index in [-0.39, 0.29) is 0 Å². The average Bonchev–Trinajstić information content (AvgIpc) is 3.30. The van der Waals surface area contributed by atoms with Gasteiger partial charge in [0.2, 0.25) is 0 Å². The highest BCUT2D eigenvalue weighted by Gasteiger charge is 2.21. The highest BCUT2D eigenvalue weighted by atomic mass is 15.2. The van der Waals surface area contributed by atoms with Gasteiger partial charge in [0.15, 0.2) is 5.96 Å². The topological polar surface area (TPSA) is 36.4 Å². The molecule has 0 spiro atoms. The van der Waals surface area contributed by atoms with Crippen LogP contribution in [0.3, 0.4) is 0 Å². The molecule has 0 bridgehead atoms. The van der Waals surface area contributed by atoms with Crippen molar-refractivity contribution in [3.63, 3.8) is 0 Å². The van der Waals surface area contributed by atoms with E-state index in [9.17, 15) is 0 Å². The Morgan fingerprint density at radius 3 is 2.55 bits per heavy atom. The van der Waals surface area contributed by atoms with Crippen LogP contribution < -0.4 is 10.6 Å². The molecule has 0 saturated heterocycles. The van der Waals surface area contributed by atoms with Crippen LogP contribution in [-0.4, -0.2) is 25.6 Å². The van der Waals surface area contributed by atoms with Crippen molar-refractivity contribution in [2.45, 2.75) is 39.0 Å². The fourth-order valence-corrected chi connectivity index (χ4v) is 2.30. The van der Waals surface area contributed by atoms with Crippen LogP contribution in [0.15, 0.2) is 35.3 Å². The second-order valence-corrected chi connectivity index (χ2v) is 5.56. The Morgan fingerprint density at radius 1 is 1.20 bits per heavy atom. The molecule has 110 valence electrons. The normalized spacial score (nSPS) is 16.8. The van der Waals surface area contributed by atoms with Crippen LogP contribution in [0.25, 0.3) is 0 Å². The molecule has 2 rings (SSSR count). The summed E-state index contributed by atoms with van der Waals surface area (Å²) in [6, 6.07) is 10.7. The lowest BCUT2D eigenvalue weighted by Gasteiger charge is -2.15. The first-order valence-corrected chi connectivity index (χ1v) is 7.90. The molecular formula is C17H27N3. The minimum atomic E-state index is 0.507. The van der Waals surface area contributed by atoms with Gasteiger partial charge in [-0.2, -0.15) is 0 Å². The number of rotatable bonds is 7. The molecule has 3 nitrogen and oxygen atoms in total. The molecule has 0 amide bonds. The highest BCUT2D eigenvalue weighted by Crippen LogP contribution is 2.27. The van der Waals surface area contributed by atoms with Crippen LogP contribution in [0.4, 0.5) is 0 Å². The summed E-state index contributed by atoms with van der Waals surface area (Å²) in [5.74, 6) is 2.34. The van der Waals surface area contributed by atoms with Crippen molar-refractivity contribution in [3.05, 3.63) is 35.9 Å². The summed E-state index contributed by atoms with van der Waals surface area (Å²) in [6.07, 6.45) is 3.86. The van der Waals surface area contributed by atoms with E-state index >= 15 is 0 Å². The van der Waals surface area contributed by atoms with Gasteiger partial charge in [-0.25, -0.2) is 0 Å². The van der Waals surface area contributed by atoms with E-state index in [0.29, 0.717) is 5.92 Å². The van der Waals surface area contributed by atoms with Crippen molar-refractivity contribution in [1.82, 2.24) is 10.6 Å². The lowest BCUT2D eigenvalue weighted by molar-refractivity contribution is 0.663. The zero-order valence-electron chi connectivity index (χ0n) is 12.7. The molecule has 1 unspecified atom stereocenters. The minimum absolute atomic E-state index is 0.507. The SMILES string of the molecule is CCNC(=NCC(CC)c1ccccc1)NCC1CC1. The van der Waals surface area contributed by atoms with Gasteiger partial charge in [0.25, 0.3) is 0 Å². The Kier molecular flexibility index (Phi) is 5.90. The first-order chi connectivity index (χ1) is 9.83. The largest absolute Gasteiger partial charge is 0.357 e. The van der Waals surface area contributed by atoms with Gasteiger partial charge >= 0.3 is 0 Å². The summed E-state index contributed by atoms with van der Waals surface area (Å²) in [7, 11) is 0. The Hall–Kier alpha value is -1.51. The number of nitrogens with one attached hydrogen (secondary N) is 2. The first kappa shape index (κ1) is 14.9. The molecule has 1 aliphatic carbocycles. The lowest BCUT2D eigenvalue weighted by Crippen LogP contribution is -2.38. The highest BCUT2D eigenvalue weighted by molar-refractivity contribution is 5.79. The van der Waals surface area contributed by atoms with Gasteiger partial charge < -0.3 is 10.6 Å². The molecule has 1 aliphatic rings. The van der Waals surface area contributed by atoms with Crippen LogP contribution in [0.2, 0.25) is 0 Å². The summed E-state index contributed by atoms with van der Waals surface area (Å²) in [4.78, 5) is 4.76. The van der Waals surface area contributed by atoms with E-state index in [2.05, 4.69) is 54.8 Å². The molecule has 0 heterocycles.